The molecule has 0 radical (unpaired) electrons. The van der Waals surface area contributed by atoms with E-state index in [-0.39, 0.29) is 11.3 Å². The number of fused-ring (bicyclic) bond motifs is 1. The Morgan fingerprint density at radius 1 is 0.844 bits per heavy atom. The highest BCUT2D eigenvalue weighted by atomic mass is 16.5. The first kappa shape index (κ1) is 21.2. The molecule has 0 aliphatic carbocycles. The lowest BCUT2D eigenvalue weighted by Gasteiger charge is -2.25. The zero-order valence-corrected chi connectivity index (χ0v) is 17.9. The molecule has 0 bridgehead atoms. The van der Waals surface area contributed by atoms with Crippen molar-refractivity contribution in [3.63, 3.8) is 0 Å². The molecule has 0 amide bonds. The molecule has 0 spiro atoms. The molecular formula is C25H22O7. The van der Waals surface area contributed by atoms with Gasteiger partial charge in [0.05, 0.1) is 26.9 Å². The monoisotopic (exact) mass is 434 g/mol. The highest BCUT2D eigenvalue weighted by Crippen LogP contribution is 2.42. The molecule has 0 N–H and O–H groups in total. The number of methoxy groups -OCH3 is 3. The maximum atomic E-state index is 12.8. The maximum absolute atomic E-state index is 12.8. The Bertz CT molecular complexity index is 1130. The fourth-order valence-electron chi connectivity index (χ4n) is 3.52. The number of ketones is 2. The average molecular weight is 434 g/mol. The highest BCUT2D eigenvalue weighted by molar-refractivity contribution is 6.46. The Morgan fingerprint density at radius 2 is 1.53 bits per heavy atom. The second kappa shape index (κ2) is 9.01. The molecule has 7 heteroatoms. The molecule has 1 atom stereocenters. The van der Waals surface area contributed by atoms with E-state index in [2.05, 4.69) is 0 Å². The Balaban J connectivity index is 1.65. The summed E-state index contributed by atoms with van der Waals surface area (Å²) in [6.07, 6.45) is -1.15. The minimum Gasteiger partial charge on any atom is -0.493 e. The van der Waals surface area contributed by atoms with Crippen LogP contribution >= 0.6 is 0 Å². The van der Waals surface area contributed by atoms with Crippen molar-refractivity contribution < 1.29 is 33.3 Å². The van der Waals surface area contributed by atoms with Crippen LogP contribution < -0.4 is 23.7 Å². The van der Waals surface area contributed by atoms with Crippen LogP contribution in [0.2, 0.25) is 0 Å². The Morgan fingerprint density at radius 3 is 2.16 bits per heavy atom. The minimum absolute atomic E-state index is 0.200. The Labute approximate surface area is 185 Å². The zero-order valence-electron chi connectivity index (χ0n) is 17.9. The standard InChI is InChI=1S/C25H22O7/c1-28-20-11-16(12-21(29-2)25(20)30-3)24-23(27)22(26)18-10-9-17(13-19(18)32-24)31-14-15-7-5-4-6-8-15/h4-13,24H,14H2,1-3H3. The van der Waals surface area contributed by atoms with Gasteiger partial charge >= 0.3 is 0 Å². The van der Waals surface area contributed by atoms with Crippen molar-refractivity contribution >= 4 is 11.6 Å². The van der Waals surface area contributed by atoms with E-state index in [1.165, 1.54) is 21.3 Å². The first-order valence-corrected chi connectivity index (χ1v) is 9.91. The van der Waals surface area contributed by atoms with Gasteiger partial charge in [-0.1, -0.05) is 30.3 Å². The van der Waals surface area contributed by atoms with Gasteiger partial charge in [-0.25, -0.2) is 0 Å². The molecule has 1 aliphatic heterocycles. The van der Waals surface area contributed by atoms with Crippen LogP contribution in [0.15, 0.2) is 60.7 Å². The fourth-order valence-corrected chi connectivity index (χ4v) is 3.52. The first-order chi connectivity index (χ1) is 15.5. The number of carbonyl (C=O) groups is 2. The lowest BCUT2D eigenvalue weighted by atomic mass is 9.94. The summed E-state index contributed by atoms with van der Waals surface area (Å²) < 4.78 is 27.8. The molecule has 0 fully saturated rings. The molecule has 0 saturated heterocycles. The molecule has 7 nitrogen and oxygen atoms in total. The molecule has 0 aromatic heterocycles. The van der Waals surface area contributed by atoms with Gasteiger partial charge in [-0.05, 0) is 29.8 Å². The van der Waals surface area contributed by atoms with Crippen molar-refractivity contribution in [3.05, 3.63) is 77.4 Å². The summed E-state index contributed by atoms with van der Waals surface area (Å²) in [6, 6.07) is 17.7. The molecule has 164 valence electrons. The van der Waals surface area contributed by atoms with Crippen LogP contribution in [0.25, 0.3) is 0 Å². The molecule has 0 saturated carbocycles. The van der Waals surface area contributed by atoms with E-state index in [0.717, 1.165) is 5.56 Å². The van der Waals surface area contributed by atoms with E-state index in [0.29, 0.717) is 35.2 Å². The van der Waals surface area contributed by atoms with Crippen LogP contribution in [-0.2, 0) is 11.4 Å². The van der Waals surface area contributed by atoms with Crippen molar-refractivity contribution in [2.75, 3.05) is 21.3 Å². The van der Waals surface area contributed by atoms with E-state index in [1.807, 2.05) is 30.3 Å². The Hall–Kier alpha value is -4.00. The summed E-state index contributed by atoms with van der Waals surface area (Å²) in [5.74, 6) is 0.597. The third-order valence-corrected chi connectivity index (χ3v) is 5.14. The predicted molar refractivity (Wildman–Crippen MR) is 116 cm³/mol. The number of Topliss-reactive ketones (excluding diaryl/α,β-unsaturated/α-hetero) is 2. The van der Waals surface area contributed by atoms with Crippen LogP contribution in [-0.4, -0.2) is 32.9 Å². The molecular weight excluding hydrogens is 412 g/mol. The lowest BCUT2D eigenvalue weighted by molar-refractivity contribution is -0.122. The minimum atomic E-state index is -1.15. The van der Waals surface area contributed by atoms with Gasteiger partial charge in [0.1, 0.15) is 18.1 Å². The molecule has 3 aromatic rings. The number of ether oxygens (including phenoxy) is 5. The Kier molecular flexibility index (Phi) is 5.98. The number of rotatable bonds is 7. The summed E-state index contributed by atoms with van der Waals surface area (Å²) in [5, 5.41) is 0. The molecule has 1 unspecified atom stereocenters. The molecule has 4 rings (SSSR count). The van der Waals surface area contributed by atoms with Crippen LogP contribution in [0.1, 0.15) is 27.6 Å². The second-order valence-corrected chi connectivity index (χ2v) is 7.08. The summed E-state index contributed by atoms with van der Waals surface area (Å²) in [6.45, 7) is 0.364. The predicted octanol–water partition coefficient (Wildman–Crippen LogP) is 4.18. The van der Waals surface area contributed by atoms with Crippen molar-refractivity contribution in [1.82, 2.24) is 0 Å². The van der Waals surface area contributed by atoms with Crippen LogP contribution in [0.5, 0.6) is 28.7 Å². The van der Waals surface area contributed by atoms with Gasteiger partial charge in [0.15, 0.2) is 17.6 Å². The third kappa shape index (κ3) is 3.97. The van der Waals surface area contributed by atoms with Crippen molar-refractivity contribution in [3.8, 4) is 28.7 Å². The number of carbonyl (C=O) groups excluding carboxylic acids is 2. The van der Waals surface area contributed by atoms with Crippen molar-refractivity contribution in [1.29, 1.82) is 0 Å². The van der Waals surface area contributed by atoms with Gasteiger partial charge in [-0.15, -0.1) is 0 Å². The van der Waals surface area contributed by atoms with Gasteiger partial charge in [0.2, 0.25) is 17.3 Å². The number of hydrogen-bond acceptors (Lipinski definition) is 7. The van der Waals surface area contributed by atoms with Gasteiger partial charge in [-0.3, -0.25) is 9.59 Å². The molecule has 1 heterocycles. The van der Waals surface area contributed by atoms with E-state index in [4.69, 9.17) is 23.7 Å². The lowest BCUT2D eigenvalue weighted by Crippen LogP contribution is -2.31. The van der Waals surface area contributed by atoms with Crippen LogP contribution in [0.4, 0.5) is 0 Å². The van der Waals surface area contributed by atoms with Crippen LogP contribution in [0, 0.1) is 0 Å². The smallest absolute Gasteiger partial charge is 0.248 e. The fraction of sp³-hybridized carbons (Fsp3) is 0.200. The van der Waals surface area contributed by atoms with Gasteiger partial charge in [0, 0.05) is 11.6 Å². The van der Waals surface area contributed by atoms with E-state index in [1.54, 1.807) is 30.3 Å². The second-order valence-electron chi connectivity index (χ2n) is 7.08. The van der Waals surface area contributed by atoms with Crippen molar-refractivity contribution in [2.45, 2.75) is 12.7 Å². The van der Waals surface area contributed by atoms with Crippen molar-refractivity contribution in [2.24, 2.45) is 0 Å². The molecule has 32 heavy (non-hydrogen) atoms. The summed E-state index contributed by atoms with van der Waals surface area (Å²) in [7, 11) is 4.43. The topological polar surface area (TPSA) is 80.3 Å². The maximum Gasteiger partial charge on any atom is 0.248 e. The summed E-state index contributed by atoms with van der Waals surface area (Å²) in [4.78, 5) is 25.6. The largest absolute Gasteiger partial charge is 0.493 e. The van der Waals surface area contributed by atoms with E-state index < -0.39 is 17.7 Å². The quantitative estimate of drug-likeness (QED) is 0.516. The molecule has 3 aromatic carbocycles. The highest BCUT2D eigenvalue weighted by Gasteiger charge is 2.37. The number of hydrogen-bond donors (Lipinski definition) is 0. The average Bonchev–Trinajstić information content (AvgIpc) is 2.84. The molecule has 1 aliphatic rings. The third-order valence-electron chi connectivity index (χ3n) is 5.14. The number of benzene rings is 3. The van der Waals surface area contributed by atoms with Gasteiger partial charge in [-0.2, -0.15) is 0 Å². The van der Waals surface area contributed by atoms with E-state index >= 15 is 0 Å². The van der Waals surface area contributed by atoms with Gasteiger partial charge in [0.25, 0.3) is 0 Å². The SMILES string of the molecule is COc1cc(C2Oc3cc(OCc4ccccc4)ccc3C(=O)C2=O)cc(OC)c1OC. The summed E-state index contributed by atoms with van der Waals surface area (Å²) in [5.41, 5.74) is 1.62. The van der Waals surface area contributed by atoms with Gasteiger partial charge < -0.3 is 23.7 Å². The zero-order chi connectivity index (χ0) is 22.7. The van der Waals surface area contributed by atoms with Crippen LogP contribution in [0.3, 0.4) is 0 Å². The van der Waals surface area contributed by atoms with E-state index in [9.17, 15) is 9.59 Å². The summed E-state index contributed by atoms with van der Waals surface area (Å²) >= 11 is 0. The normalized spacial score (nSPS) is 14.9. The first-order valence-electron chi connectivity index (χ1n) is 9.91.